The molecule has 0 fully saturated rings. The normalized spacial score (nSPS) is 10.5. The monoisotopic (exact) mass is 324 g/mol. The van der Waals surface area contributed by atoms with Crippen LogP contribution in [0.2, 0.25) is 0 Å². The average Bonchev–Trinajstić information content (AvgIpc) is 2.60. The average molecular weight is 324 g/mol. The van der Waals surface area contributed by atoms with Crippen molar-refractivity contribution in [2.75, 3.05) is 7.11 Å². The van der Waals surface area contributed by atoms with Crippen molar-refractivity contribution in [2.24, 2.45) is 0 Å². The molecule has 0 aliphatic rings. The third-order valence-corrected chi connectivity index (χ3v) is 3.47. The molecule has 5 heteroatoms. The standard InChI is InChI=1S/C19H17FN2O2/c1-13-10-18(22-19(21-13)15-6-4-3-5-7-15)24-12-14-8-9-17(23-2)16(20)11-14/h3-11H,12H2,1-2H3. The Bertz CT molecular complexity index is 838. The van der Waals surface area contributed by atoms with Crippen molar-refractivity contribution in [3.8, 4) is 23.0 Å². The zero-order valence-electron chi connectivity index (χ0n) is 13.5. The van der Waals surface area contributed by atoms with Crippen molar-refractivity contribution in [1.82, 2.24) is 9.97 Å². The lowest BCUT2D eigenvalue weighted by atomic mass is 10.2. The first-order valence-electron chi connectivity index (χ1n) is 7.52. The van der Waals surface area contributed by atoms with Crippen molar-refractivity contribution in [1.29, 1.82) is 0 Å². The highest BCUT2D eigenvalue weighted by Gasteiger charge is 2.07. The minimum Gasteiger partial charge on any atom is -0.494 e. The minimum atomic E-state index is -0.414. The predicted molar refractivity (Wildman–Crippen MR) is 89.5 cm³/mol. The maximum absolute atomic E-state index is 13.7. The van der Waals surface area contributed by atoms with Crippen molar-refractivity contribution in [3.05, 3.63) is 71.7 Å². The third kappa shape index (κ3) is 3.68. The van der Waals surface area contributed by atoms with Crippen molar-refractivity contribution >= 4 is 0 Å². The van der Waals surface area contributed by atoms with Gasteiger partial charge in [-0.25, -0.2) is 9.37 Å². The van der Waals surface area contributed by atoms with Crippen LogP contribution in [-0.4, -0.2) is 17.1 Å². The number of ether oxygens (including phenoxy) is 2. The van der Waals surface area contributed by atoms with E-state index < -0.39 is 5.82 Å². The van der Waals surface area contributed by atoms with Gasteiger partial charge >= 0.3 is 0 Å². The van der Waals surface area contributed by atoms with Crippen LogP contribution in [0.4, 0.5) is 4.39 Å². The summed E-state index contributed by atoms with van der Waals surface area (Å²) in [7, 11) is 1.43. The molecule has 1 heterocycles. The van der Waals surface area contributed by atoms with E-state index in [4.69, 9.17) is 9.47 Å². The summed E-state index contributed by atoms with van der Waals surface area (Å²) in [6.07, 6.45) is 0. The van der Waals surface area contributed by atoms with Gasteiger partial charge in [-0.15, -0.1) is 0 Å². The highest BCUT2D eigenvalue weighted by Crippen LogP contribution is 2.21. The van der Waals surface area contributed by atoms with Crippen LogP contribution in [-0.2, 0) is 6.61 Å². The van der Waals surface area contributed by atoms with Crippen LogP contribution in [0.15, 0.2) is 54.6 Å². The smallest absolute Gasteiger partial charge is 0.217 e. The van der Waals surface area contributed by atoms with E-state index in [9.17, 15) is 4.39 Å². The fraction of sp³-hybridized carbons (Fsp3) is 0.158. The Morgan fingerprint density at radius 1 is 1.00 bits per heavy atom. The number of rotatable bonds is 5. The molecule has 3 rings (SSSR count). The lowest BCUT2D eigenvalue weighted by Crippen LogP contribution is -2.01. The molecule has 3 aromatic rings. The zero-order valence-corrected chi connectivity index (χ0v) is 13.5. The van der Waals surface area contributed by atoms with Crippen LogP contribution >= 0.6 is 0 Å². The Labute approximate surface area is 139 Å². The van der Waals surface area contributed by atoms with Gasteiger partial charge in [0.05, 0.1) is 7.11 Å². The van der Waals surface area contributed by atoms with Gasteiger partial charge in [0.2, 0.25) is 5.88 Å². The largest absolute Gasteiger partial charge is 0.494 e. The second kappa shape index (κ2) is 7.08. The molecule has 0 bridgehead atoms. The molecule has 2 aromatic carbocycles. The summed E-state index contributed by atoms with van der Waals surface area (Å²) in [4.78, 5) is 8.85. The van der Waals surface area contributed by atoms with Gasteiger partial charge < -0.3 is 9.47 Å². The van der Waals surface area contributed by atoms with Crippen LogP contribution in [0.5, 0.6) is 11.6 Å². The Kier molecular flexibility index (Phi) is 4.70. The summed E-state index contributed by atoms with van der Waals surface area (Å²) < 4.78 is 24.3. The Morgan fingerprint density at radius 3 is 2.50 bits per heavy atom. The molecule has 0 aliphatic heterocycles. The van der Waals surface area contributed by atoms with Gasteiger partial charge in [-0.1, -0.05) is 36.4 Å². The first kappa shape index (κ1) is 15.9. The number of hydrogen-bond donors (Lipinski definition) is 0. The molecule has 0 radical (unpaired) electrons. The number of aryl methyl sites for hydroxylation is 1. The van der Waals surface area contributed by atoms with Gasteiger partial charge in [0.1, 0.15) is 6.61 Å². The molecule has 0 unspecified atom stereocenters. The summed E-state index contributed by atoms with van der Waals surface area (Å²) in [5.41, 5.74) is 2.42. The molecule has 4 nitrogen and oxygen atoms in total. The van der Waals surface area contributed by atoms with E-state index in [0.29, 0.717) is 17.3 Å². The summed E-state index contributed by atoms with van der Waals surface area (Å²) in [6, 6.07) is 16.2. The molecule has 122 valence electrons. The SMILES string of the molecule is COc1ccc(COc2cc(C)nc(-c3ccccc3)n2)cc1F. The number of methoxy groups -OCH3 is 1. The quantitative estimate of drug-likeness (QED) is 0.706. The third-order valence-electron chi connectivity index (χ3n) is 3.47. The number of nitrogens with zero attached hydrogens (tertiary/aromatic N) is 2. The molecule has 0 spiro atoms. The zero-order chi connectivity index (χ0) is 16.9. The number of aromatic nitrogens is 2. The molecule has 1 aromatic heterocycles. The highest BCUT2D eigenvalue weighted by molar-refractivity contribution is 5.55. The van der Waals surface area contributed by atoms with Gasteiger partial charge in [0.25, 0.3) is 0 Å². The van der Waals surface area contributed by atoms with E-state index in [0.717, 1.165) is 11.3 Å². The fourth-order valence-electron chi connectivity index (χ4n) is 2.29. The van der Waals surface area contributed by atoms with E-state index in [-0.39, 0.29) is 12.4 Å². The molecule has 0 amide bonds. The first-order chi connectivity index (χ1) is 11.7. The van der Waals surface area contributed by atoms with Crippen molar-refractivity contribution in [3.63, 3.8) is 0 Å². The highest BCUT2D eigenvalue weighted by atomic mass is 19.1. The minimum absolute atomic E-state index is 0.211. The molecule has 0 atom stereocenters. The number of benzene rings is 2. The van der Waals surface area contributed by atoms with Crippen LogP contribution in [0, 0.1) is 12.7 Å². The number of hydrogen-bond acceptors (Lipinski definition) is 4. The van der Waals surface area contributed by atoms with Gasteiger partial charge in [-0.3, -0.25) is 0 Å². The molecule has 24 heavy (non-hydrogen) atoms. The molecule has 0 aliphatic carbocycles. The van der Waals surface area contributed by atoms with E-state index in [1.165, 1.54) is 13.2 Å². The second-order valence-electron chi connectivity index (χ2n) is 5.29. The van der Waals surface area contributed by atoms with Gasteiger partial charge in [0.15, 0.2) is 17.4 Å². The topological polar surface area (TPSA) is 44.2 Å². The second-order valence-corrected chi connectivity index (χ2v) is 5.29. The van der Waals surface area contributed by atoms with Crippen LogP contribution in [0.3, 0.4) is 0 Å². The van der Waals surface area contributed by atoms with Crippen molar-refractivity contribution in [2.45, 2.75) is 13.5 Å². The lowest BCUT2D eigenvalue weighted by molar-refractivity contribution is 0.292. The van der Waals surface area contributed by atoms with Crippen LogP contribution < -0.4 is 9.47 Å². The van der Waals surface area contributed by atoms with Gasteiger partial charge in [-0.05, 0) is 24.6 Å². The molecule has 0 saturated heterocycles. The van der Waals surface area contributed by atoms with E-state index >= 15 is 0 Å². The maximum Gasteiger partial charge on any atom is 0.217 e. The summed E-state index contributed by atoms with van der Waals surface area (Å²) in [6.45, 7) is 2.10. The van der Waals surface area contributed by atoms with Crippen LogP contribution in [0.25, 0.3) is 11.4 Å². The number of halogens is 1. The molecule has 0 saturated carbocycles. The van der Waals surface area contributed by atoms with Gasteiger partial charge in [0, 0.05) is 17.3 Å². The predicted octanol–water partition coefficient (Wildman–Crippen LogP) is 4.18. The van der Waals surface area contributed by atoms with Gasteiger partial charge in [-0.2, -0.15) is 4.98 Å². The molecular weight excluding hydrogens is 307 g/mol. The summed E-state index contributed by atoms with van der Waals surface area (Å²) >= 11 is 0. The lowest BCUT2D eigenvalue weighted by Gasteiger charge is -2.09. The summed E-state index contributed by atoms with van der Waals surface area (Å²) in [5.74, 6) is 0.856. The van der Waals surface area contributed by atoms with E-state index in [1.807, 2.05) is 37.3 Å². The Hall–Kier alpha value is -2.95. The van der Waals surface area contributed by atoms with Crippen LogP contribution in [0.1, 0.15) is 11.3 Å². The Morgan fingerprint density at radius 2 is 1.79 bits per heavy atom. The van der Waals surface area contributed by atoms with E-state index in [1.54, 1.807) is 18.2 Å². The fourth-order valence-corrected chi connectivity index (χ4v) is 2.29. The maximum atomic E-state index is 13.7. The molecule has 0 N–H and O–H groups in total. The Balaban J connectivity index is 1.78. The van der Waals surface area contributed by atoms with Crippen molar-refractivity contribution < 1.29 is 13.9 Å². The summed E-state index contributed by atoms with van der Waals surface area (Å²) in [5, 5.41) is 0. The molecular formula is C19H17FN2O2. The first-order valence-corrected chi connectivity index (χ1v) is 7.52. The van der Waals surface area contributed by atoms with E-state index in [2.05, 4.69) is 9.97 Å².